The van der Waals surface area contributed by atoms with Crippen LogP contribution in [0.2, 0.25) is 0 Å². The van der Waals surface area contributed by atoms with Crippen molar-refractivity contribution in [1.29, 1.82) is 0 Å². The number of aryl methyl sites for hydroxylation is 2. The van der Waals surface area contributed by atoms with Crippen molar-refractivity contribution in [1.82, 2.24) is 15.2 Å². The number of carbonyl (C=O) groups excluding carboxylic acids is 2. The summed E-state index contributed by atoms with van der Waals surface area (Å²) in [6, 6.07) is 0. The molecule has 1 aliphatic rings. The molecule has 1 unspecified atom stereocenters. The van der Waals surface area contributed by atoms with Crippen molar-refractivity contribution in [2.24, 2.45) is 5.92 Å². The first-order valence-electron chi connectivity index (χ1n) is 9.44. The number of aromatic nitrogens is 1. The van der Waals surface area contributed by atoms with Crippen LogP contribution in [0.4, 0.5) is 0 Å². The summed E-state index contributed by atoms with van der Waals surface area (Å²) in [5.74, 6) is 1.42. The van der Waals surface area contributed by atoms with Crippen LogP contribution >= 0.6 is 0 Å². The Morgan fingerprint density at radius 2 is 1.92 bits per heavy atom. The summed E-state index contributed by atoms with van der Waals surface area (Å²) >= 11 is 0. The molecule has 6 nitrogen and oxygen atoms in total. The van der Waals surface area contributed by atoms with Crippen LogP contribution < -0.4 is 5.32 Å². The number of likely N-dealkylation sites (tertiary alicyclic amines) is 1. The van der Waals surface area contributed by atoms with Gasteiger partial charge in [-0.2, -0.15) is 0 Å². The van der Waals surface area contributed by atoms with Crippen LogP contribution in [-0.4, -0.2) is 40.3 Å². The molecule has 0 saturated carbocycles. The second-order valence-corrected chi connectivity index (χ2v) is 9.25. The van der Waals surface area contributed by atoms with E-state index in [-0.39, 0.29) is 28.7 Å². The Morgan fingerprint density at radius 3 is 2.42 bits per heavy atom. The van der Waals surface area contributed by atoms with Gasteiger partial charge in [0.15, 0.2) is 5.89 Å². The Bertz CT molecular complexity index is 665. The molecule has 1 aromatic heterocycles. The van der Waals surface area contributed by atoms with Gasteiger partial charge in [-0.25, -0.2) is 4.98 Å². The molecule has 1 N–H and O–H groups in total. The summed E-state index contributed by atoms with van der Waals surface area (Å²) < 4.78 is 5.88. The molecule has 0 radical (unpaired) electrons. The minimum atomic E-state index is -0.249. The molecule has 2 rings (SSSR count). The molecule has 0 aliphatic carbocycles. The molecule has 0 aromatic carbocycles. The van der Waals surface area contributed by atoms with Crippen LogP contribution in [0.5, 0.6) is 0 Å². The molecular formula is C20H33N3O3. The van der Waals surface area contributed by atoms with E-state index in [0.717, 1.165) is 30.2 Å². The second-order valence-electron chi connectivity index (χ2n) is 9.25. The highest BCUT2D eigenvalue weighted by Crippen LogP contribution is 2.26. The summed E-state index contributed by atoms with van der Waals surface area (Å²) in [6.07, 6.45) is 1.83. The topological polar surface area (TPSA) is 75.4 Å². The first-order valence-corrected chi connectivity index (χ1v) is 9.44. The van der Waals surface area contributed by atoms with E-state index in [0.29, 0.717) is 19.5 Å². The van der Waals surface area contributed by atoms with E-state index in [1.165, 1.54) is 0 Å². The fourth-order valence-corrected chi connectivity index (χ4v) is 3.12. The van der Waals surface area contributed by atoms with Gasteiger partial charge in [0, 0.05) is 36.9 Å². The third-order valence-corrected chi connectivity index (χ3v) is 4.72. The molecule has 1 saturated heterocycles. The van der Waals surface area contributed by atoms with Gasteiger partial charge in [0.05, 0.1) is 11.6 Å². The number of carbonyl (C=O) groups is 2. The molecule has 6 heteroatoms. The minimum absolute atomic E-state index is 0.0326. The van der Waals surface area contributed by atoms with E-state index in [1.54, 1.807) is 4.90 Å². The second kappa shape index (κ2) is 7.41. The fraction of sp³-hybridized carbons (Fsp3) is 0.750. The van der Waals surface area contributed by atoms with Crippen LogP contribution in [0.15, 0.2) is 4.42 Å². The lowest BCUT2D eigenvalue weighted by atomic mass is 9.97. The summed E-state index contributed by atoms with van der Waals surface area (Å²) in [7, 11) is 0. The number of nitrogens with one attached hydrogen (secondary N) is 1. The van der Waals surface area contributed by atoms with Crippen molar-refractivity contribution in [2.45, 2.75) is 78.7 Å². The summed E-state index contributed by atoms with van der Waals surface area (Å²) in [5, 5.41) is 2.96. The molecule has 1 aliphatic heterocycles. The van der Waals surface area contributed by atoms with E-state index < -0.39 is 0 Å². The van der Waals surface area contributed by atoms with Crippen LogP contribution in [0.25, 0.3) is 0 Å². The van der Waals surface area contributed by atoms with Gasteiger partial charge in [-0.1, -0.05) is 20.8 Å². The van der Waals surface area contributed by atoms with Gasteiger partial charge in [0.25, 0.3) is 0 Å². The monoisotopic (exact) mass is 363 g/mol. The zero-order chi connectivity index (χ0) is 19.7. The van der Waals surface area contributed by atoms with Crippen molar-refractivity contribution in [3.8, 4) is 0 Å². The number of amides is 2. The van der Waals surface area contributed by atoms with Gasteiger partial charge in [-0.15, -0.1) is 0 Å². The third-order valence-electron chi connectivity index (χ3n) is 4.72. The number of oxazole rings is 1. The Labute approximate surface area is 156 Å². The van der Waals surface area contributed by atoms with Gasteiger partial charge in [-0.3, -0.25) is 9.59 Å². The molecular weight excluding hydrogens is 330 g/mol. The molecule has 2 heterocycles. The molecule has 26 heavy (non-hydrogen) atoms. The highest BCUT2D eigenvalue weighted by molar-refractivity contribution is 5.89. The molecule has 1 atom stereocenters. The molecule has 146 valence electrons. The van der Waals surface area contributed by atoms with Gasteiger partial charge >= 0.3 is 0 Å². The molecule has 1 fully saturated rings. The third kappa shape index (κ3) is 4.86. The fourth-order valence-electron chi connectivity index (χ4n) is 3.12. The Hall–Kier alpha value is -1.85. The smallest absolute Gasteiger partial charge is 0.225 e. The Balaban J connectivity index is 1.79. The normalized spacial score (nSPS) is 18.5. The average molecular weight is 364 g/mol. The number of hydrogen-bond acceptors (Lipinski definition) is 4. The van der Waals surface area contributed by atoms with E-state index in [2.05, 4.69) is 31.1 Å². The lowest BCUT2D eigenvalue weighted by Gasteiger charge is -2.31. The van der Waals surface area contributed by atoms with Crippen molar-refractivity contribution >= 4 is 11.8 Å². The standard InChI is InChI=1S/C20H33N3O3/c1-13-15(26-18(22-13)19(2,3)4)9-8-10-21-17(25)14-11-16(24)23(12-14)20(5,6)7/h14H,8-12H2,1-7H3,(H,21,25). The molecule has 0 spiro atoms. The number of rotatable bonds is 5. The van der Waals surface area contributed by atoms with Gasteiger partial charge in [-0.05, 0) is 34.1 Å². The zero-order valence-corrected chi connectivity index (χ0v) is 17.2. The largest absolute Gasteiger partial charge is 0.445 e. The minimum Gasteiger partial charge on any atom is -0.445 e. The van der Waals surface area contributed by atoms with Gasteiger partial charge in [0.2, 0.25) is 11.8 Å². The van der Waals surface area contributed by atoms with Crippen LogP contribution in [0, 0.1) is 12.8 Å². The maximum Gasteiger partial charge on any atom is 0.225 e. The summed E-state index contributed by atoms with van der Waals surface area (Å²) in [4.78, 5) is 30.7. The van der Waals surface area contributed by atoms with E-state index >= 15 is 0 Å². The predicted molar refractivity (Wildman–Crippen MR) is 101 cm³/mol. The van der Waals surface area contributed by atoms with Crippen molar-refractivity contribution in [2.75, 3.05) is 13.1 Å². The molecule has 0 bridgehead atoms. The maximum absolute atomic E-state index is 12.4. The van der Waals surface area contributed by atoms with Crippen LogP contribution in [-0.2, 0) is 21.4 Å². The van der Waals surface area contributed by atoms with Crippen molar-refractivity contribution in [3.63, 3.8) is 0 Å². The number of hydrogen-bond donors (Lipinski definition) is 1. The number of nitrogens with zero attached hydrogens (tertiary/aromatic N) is 2. The van der Waals surface area contributed by atoms with Gasteiger partial charge < -0.3 is 14.6 Å². The summed E-state index contributed by atoms with van der Waals surface area (Å²) in [5.41, 5.74) is 0.578. The first-order chi connectivity index (χ1) is 11.9. The average Bonchev–Trinajstić information content (AvgIpc) is 3.06. The van der Waals surface area contributed by atoms with E-state index in [4.69, 9.17) is 4.42 Å². The Kier molecular flexibility index (Phi) is 5.83. The van der Waals surface area contributed by atoms with Crippen LogP contribution in [0.1, 0.15) is 71.7 Å². The zero-order valence-electron chi connectivity index (χ0n) is 17.2. The highest BCUT2D eigenvalue weighted by Gasteiger charge is 2.39. The molecule has 2 amide bonds. The van der Waals surface area contributed by atoms with Crippen molar-refractivity contribution < 1.29 is 14.0 Å². The molecule has 1 aromatic rings. The predicted octanol–water partition coefficient (Wildman–Crippen LogP) is 2.98. The first kappa shape index (κ1) is 20.5. The van der Waals surface area contributed by atoms with E-state index in [9.17, 15) is 9.59 Å². The lowest BCUT2D eigenvalue weighted by molar-refractivity contribution is -0.132. The SMILES string of the molecule is Cc1nc(C(C)(C)C)oc1CCCNC(=O)C1CC(=O)N(C(C)(C)C)C1. The van der Waals surface area contributed by atoms with Crippen LogP contribution in [0.3, 0.4) is 0 Å². The van der Waals surface area contributed by atoms with E-state index in [1.807, 2.05) is 27.7 Å². The van der Waals surface area contributed by atoms with Crippen molar-refractivity contribution in [3.05, 3.63) is 17.3 Å². The van der Waals surface area contributed by atoms with Gasteiger partial charge in [0.1, 0.15) is 5.76 Å². The summed E-state index contributed by atoms with van der Waals surface area (Å²) in [6.45, 7) is 15.3. The maximum atomic E-state index is 12.4. The lowest BCUT2D eigenvalue weighted by Crippen LogP contribution is -2.43. The highest BCUT2D eigenvalue weighted by atomic mass is 16.4. The quantitative estimate of drug-likeness (QED) is 0.816. The Morgan fingerprint density at radius 1 is 1.27 bits per heavy atom.